The van der Waals surface area contributed by atoms with Gasteiger partial charge in [-0.05, 0) is 26.2 Å². The third-order valence-corrected chi connectivity index (χ3v) is 3.03. The monoisotopic (exact) mass is 265 g/mol. The van der Waals surface area contributed by atoms with E-state index in [1.165, 1.54) is 6.07 Å². The number of nitrogens with one attached hydrogen (secondary N) is 1. The van der Waals surface area contributed by atoms with E-state index in [9.17, 15) is 13.2 Å². The van der Waals surface area contributed by atoms with Crippen LogP contribution in [-0.2, 0) is 6.18 Å². The zero-order chi connectivity index (χ0) is 12.7. The van der Waals surface area contributed by atoms with E-state index in [0.29, 0.717) is 0 Å². The fraction of sp³-hybridized carbons (Fsp3) is 0.600. The average Bonchev–Trinajstić information content (AvgIpc) is 2.13. The van der Waals surface area contributed by atoms with Gasteiger partial charge in [0.2, 0.25) is 5.82 Å². The molecule has 17 heavy (non-hydrogen) atoms. The molecule has 94 valence electrons. The molecule has 1 aliphatic carbocycles. The number of alkyl halides is 3. The fourth-order valence-corrected chi connectivity index (χ4v) is 1.93. The average molecular weight is 266 g/mol. The number of anilines is 1. The van der Waals surface area contributed by atoms with Crippen LogP contribution in [0.4, 0.5) is 19.0 Å². The van der Waals surface area contributed by atoms with Gasteiger partial charge in [0.1, 0.15) is 11.0 Å². The molecular weight excluding hydrogens is 255 g/mol. The highest BCUT2D eigenvalue weighted by Crippen LogP contribution is 2.35. The van der Waals surface area contributed by atoms with E-state index in [0.717, 1.165) is 19.3 Å². The molecule has 0 aliphatic heterocycles. The summed E-state index contributed by atoms with van der Waals surface area (Å²) in [6, 6.07) is 1.31. The van der Waals surface area contributed by atoms with Crippen LogP contribution in [0.5, 0.6) is 0 Å². The molecule has 0 unspecified atom stereocenters. The first kappa shape index (κ1) is 12.4. The minimum absolute atomic E-state index is 0.125. The third-order valence-electron chi connectivity index (χ3n) is 2.84. The number of hydrogen-bond acceptors (Lipinski definition) is 3. The molecule has 0 aromatic carbocycles. The lowest BCUT2D eigenvalue weighted by molar-refractivity contribution is -0.144. The topological polar surface area (TPSA) is 37.8 Å². The van der Waals surface area contributed by atoms with Crippen molar-refractivity contribution in [1.29, 1.82) is 0 Å². The Hall–Kier alpha value is -1.04. The standard InChI is InChI=1S/C10H11ClF3N3/c1-9(3-2-4-9)17-7-5-6(11)15-8(16-7)10(12,13)14/h5H,2-4H2,1H3,(H,15,16,17). The molecule has 3 nitrogen and oxygen atoms in total. The van der Waals surface area contributed by atoms with Gasteiger partial charge in [-0.1, -0.05) is 11.6 Å². The van der Waals surface area contributed by atoms with Crippen LogP contribution in [0.3, 0.4) is 0 Å². The van der Waals surface area contributed by atoms with Gasteiger partial charge in [0, 0.05) is 11.6 Å². The molecule has 2 rings (SSSR count). The van der Waals surface area contributed by atoms with Crippen molar-refractivity contribution < 1.29 is 13.2 Å². The van der Waals surface area contributed by atoms with E-state index in [1.54, 1.807) is 0 Å². The maximum atomic E-state index is 12.5. The molecule has 1 N–H and O–H groups in total. The predicted octanol–water partition coefficient (Wildman–Crippen LogP) is 3.50. The van der Waals surface area contributed by atoms with Crippen LogP contribution in [0.2, 0.25) is 5.15 Å². The van der Waals surface area contributed by atoms with E-state index in [4.69, 9.17) is 11.6 Å². The van der Waals surface area contributed by atoms with Crippen molar-refractivity contribution in [2.45, 2.75) is 37.9 Å². The third kappa shape index (κ3) is 2.80. The molecule has 1 fully saturated rings. The molecule has 1 aromatic heterocycles. The van der Waals surface area contributed by atoms with Crippen molar-refractivity contribution in [3.63, 3.8) is 0 Å². The predicted molar refractivity (Wildman–Crippen MR) is 57.9 cm³/mol. The Balaban J connectivity index is 2.25. The summed E-state index contributed by atoms with van der Waals surface area (Å²) in [6.45, 7) is 1.94. The number of aromatic nitrogens is 2. The fourth-order valence-electron chi connectivity index (χ4n) is 1.75. The van der Waals surface area contributed by atoms with Crippen LogP contribution in [0, 0.1) is 0 Å². The first-order valence-electron chi connectivity index (χ1n) is 5.18. The van der Waals surface area contributed by atoms with Gasteiger partial charge in [0.15, 0.2) is 0 Å². The molecular formula is C10H11ClF3N3. The highest BCUT2D eigenvalue weighted by molar-refractivity contribution is 6.29. The Morgan fingerprint density at radius 1 is 1.35 bits per heavy atom. The summed E-state index contributed by atoms with van der Waals surface area (Å²) < 4.78 is 37.4. The lowest BCUT2D eigenvalue weighted by atomic mass is 9.78. The molecule has 1 saturated carbocycles. The first-order valence-corrected chi connectivity index (χ1v) is 5.56. The Morgan fingerprint density at radius 2 is 2.00 bits per heavy atom. The van der Waals surface area contributed by atoms with Gasteiger partial charge in [0.25, 0.3) is 0 Å². The second kappa shape index (κ2) is 4.01. The minimum atomic E-state index is -4.58. The molecule has 1 heterocycles. The summed E-state index contributed by atoms with van der Waals surface area (Å²) in [5.41, 5.74) is -0.180. The van der Waals surface area contributed by atoms with Crippen molar-refractivity contribution in [1.82, 2.24) is 9.97 Å². The minimum Gasteiger partial charge on any atom is -0.365 e. The second-order valence-corrected chi connectivity index (χ2v) is 4.82. The molecule has 0 bridgehead atoms. The van der Waals surface area contributed by atoms with Gasteiger partial charge >= 0.3 is 6.18 Å². The molecule has 0 saturated heterocycles. The smallest absolute Gasteiger partial charge is 0.365 e. The Bertz CT molecular complexity index is 429. The van der Waals surface area contributed by atoms with Crippen molar-refractivity contribution >= 4 is 17.4 Å². The van der Waals surface area contributed by atoms with E-state index < -0.39 is 12.0 Å². The van der Waals surface area contributed by atoms with Crippen LogP contribution in [0.15, 0.2) is 6.07 Å². The number of halogens is 4. The molecule has 1 aliphatic rings. The summed E-state index contributed by atoms with van der Waals surface area (Å²) in [7, 11) is 0. The van der Waals surface area contributed by atoms with E-state index in [1.807, 2.05) is 6.92 Å². The quantitative estimate of drug-likeness (QED) is 0.832. The van der Waals surface area contributed by atoms with E-state index in [-0.39, 0.29) is 16.5 Å². The van der Waals surface area contributed by atoms with Crippen LogP contribution in [-0.4, -0.2) is 15.5 Å². The van der Waals surface area contributed by atoms with Gasteiger partial charge in [-0.25, -0.2) is 9.97 Å². The van der Waals surface area contributed by atoms with Crippen molar-refractivity contribution in [3.8, 4) is 0 Å². The van der Waals surface area contributed by atoms with Gasteiger partial charge in [0.05, 0.1) is 0 Å². The zero-order valence-electron chi connectivity index (χ0n) is 9.10. The Kier molecular flexibility index (Phi) is 2.93. The number of hydrogen-bond donors (Lipinski definition) is 1. The van der Waals surface area contributed by atoms with Crippen LogP contribution in [0.1, 0.15) is 32.0 Å². The second-order valence-electron chi connectivity index (χ2n) is 4.44. The normalized spacial score (nSPS) is 18.6. The van der Waals surface area contributed by atoms with Crippen molar-refractivity contribution in [3.05, 3.63) is 17.0 Å². The van der Waals surface area contributed by atoms with Gasteiger partial charge in [-0.3, -0.25) is 0 Å². The van der Waals surface area contributed by atoms with E-state index >= 15 is 0 Å². The van der Waals surface area contributed by atoms with Gasteiger partial charge in [-0.15, -0.1) is 0 Å². The molecule has 0 atom stereocenters. The summed E-state index contributed by atoms with van der Waals surface area (Å²) in [6.07, 6.45) is -1.69. The highest BCUT2D eigenvalue weighted by Gasteiger charge is 2.37. The summed E-state index contributed by atoms with van der Waals surface area (Å²) in [5, 5.41) is 2.76. The molecule has 0 radical (unpaired) electrons. The van der Waals surface area contributed by atoms with Crippen LogP contribution < -0.4 is 5.32 Å². The number of nitrogens with zero attached hydrogens (tertiary/aromatic N) is 2. The number of rotatable bonds is 2. The first-order chi connectivity index (χ1) is 7.78. The van der Waals surface area contributed by atoms with Crippen molar-refractivity contribution in [2.75, 3.05) is 5.32 Å². The zero-order valence-corrected chi connectivity index (χ0v) is 9.86. The molecule has 1 aromatic rings. The van der Waals surface area contributed by atoms with E-state index in [2.05, 4.69) is 15.3 Å². The lowest BCUT2D eigenvalue weighted by Crippen LogP contribution is -2.42. The van der Waals surface area contributed by atoms with Crippen molar-refractivity contribution in [2.24, 2.45) is 0 Å². The molecule has 7 heteroatoms. The summed E-state index contributed by atoms with van der Waals surface area (Å²) >= 11 is 5.55. The largest absolute Gasteiger partial charge is 0.451 e. The lowest BCUT2D eigenvalue weighted by Gasteiger charge is -2.39. The maximum absolute atomic E-state index is 12.5. The van der Waals surface area contributed by atoms with Gasteiger partial charge < -0.3 is 5.32 Å². The molecule has 0 spiro atoms. The highest BCUT2D eigenvalue weighted by atomic mass is 35.5. The summed E-state index contributed by atoms with van der Waals surface area (Å²) in [4.78, 5) is 6.61. The Morgan fingerprint density at radius 3 is 2.47 bits per heavy atom. The van der Waals surface area contributed by atoms with Crippen LogP contribution in [0.25, 0.3) is 0 Å². The maximum Gasteiger partial charge on any atom is 0.451 e. The molecule has 0 amide bonds. The Labute approximate surface area is 101 Å². The van der Waals surface area contributed by atoms with Gasteiger partial charge in [-0.2, -0.15) is 13.2 Å². The van der Waals surface area contributed by atoms with Crippen LogP contribution >= 0.6 is 11.6 Å². The summed E-state index contributed by atoms with van der Waals surface area (Å²) in [5.74, 6) is -1.09. The SMILES string of the molecule is CC1(Nc2cc(Cl)nc(C(F)(F)F)n2)CCC1.